The van der Waals surface area contributed by atoms with Crippen LogP contribution in [0, 0.1) is 0 Å². The summed E-state index contributed by atoms with van der Waals surface area (Å²) in [6, 6.07) is 22.8. The van der Waals surface area contributed by atoms with E-state index in [1.54, 1.807) is 84.9 Å². The molecule has 6 rings (SSSR count). The molecule has 0 aliphatic rings. The molecule has 0 aromatic heterocycles. The summed E-state index contributed by atoms with van der Waals surface area (Å²) in [6.45, 7) is 7.56. The first-order valence-electron chi connectivity index (χ1n) is 16.5. The highest BCUT2D eigenvalue weighted by atomic mass is 16.6. The number of benzene rings is 6. The molecule has 0 saturated carbocycles. The van der Waals surface area contributed by atoms with E-state index in [4.69, 9.17) is 28.4 Å². The van der Waals surface area contributed by atoms with Crippen molar-refractivity contribution in [3.05, 3.63) is 84.9 Å². The van der Waals surface area contributed by atoms with Gasteiger partial charge < -0.3 is 28.4 Å². The lowest BCUT2D eigenvalue weighted by Crippen LogP contribution is -2.08. The molecule has 54 heavy (non-hydrogen) atoms. The summed E-state index contributed by atoms with van der Waals surface area (Å²) in [5.41, 5.74) is 1.36. The van der Waals surface area contributed by atoms with Gasteiger partial charge in [-0.15, -0.1) is 0 Å². The minimum atomic E-state index is -0.631. The van der Waals surface area contributed by atoms with E-state index >= 15 is 0 Å². The topological polar surface area (TPSA) is 158 Å². The van der Waals surface area contributed by atoms with Crippen LogP contribution in [-0.2, 0) is 28.8 Å². The smallest absolute Gasteiger partial charge is 0.308 e. The summed E-state index contributed by atoms with van der Waals surface area (Å²) in [6.07, 6.45) is 0. The molecule has 0 aliphatic heterocycles. The van der Waals surface area contributed by atoms with Crippen LogP contribution in [-0.4, -0.2) is 35.8 Å². The molecule has 6 aromatic carbocycles. The number of ether oxygens (including phenoxy) is 6. The molecule has 0 radical (unpaired) electrons. The number of hydrogen-bond donors (Lipinski definition) is 0. The van der Waals surface area contributed by atoms with Gasteiger partial charge in [0.05, 0.1) is 0 Å². The van der Waals surface area contributed by atoms with E-state index in [0.717, 1.165) is 0 Å². The van der Waals surface area contributed by atoms with E-state index in [1.807, 2.05) is 0 Å². The van der Waals surface area contributed by atoms with Crippen LogP contribution in [0.5, 0.6) is 34.5 Å². The molecule has 0 amide bonds. The second kappa shape index (κ2) is 14.9. The molecule has 0 aliphatic carbocycles. The predicted molar refractivity (Wildman–Crippen MR) is 198 cm³/mol. The Morgan fingerprint density at radius 1 is 0.315 bits per heavy atom. The van der Waals surface area contributed by atoms with Gasteiger partial charge in [0, 0.05) is 63.8 Å². The Morgan fingerprint density at radius 3 is 0.870 bits per heavy atom. The number of esters is 6. The molecule has 272 valence electrons. The van der Waals surface area contributed by atoms with Crippen molar-refractivity contribution >= 4 is 68.1 Å². The van der Waals surface area contributed by atoms with Crippen molar-refractivity contribution in [3.63, 3.8) is 0 Å². The van der Waals surface area contributed by atoms with E-state index in [2.05, 4.69) is 0 Å². The molecule has 0 bridgehead atoms. The number of carbonyl (C=O) groups is 6. The van der Waals surface area contributed by atoms with Crippen molar-refractivity contribution in [2.45, 2.75) is 41.5 Å². The second-order valence-electron chi connectivity index (χ2n) is 12.2. The maximum absolute atomic E-state index is 12.6. The van der Waals surface area contributed by atoms with Crippen LogP contribution >= 0.6 is 0 Å². The highest BCUT2D eigenvalue weighted by molar-refractivity contribution is 6.17. The fourth-order valence-electron chi connectivity index (χ4n) is 6.39. The zero-order chi connectivity index (χ0) is 38.8. The molecule has 0 atom stereocenters. The van der Waals surface area contributed by atoms with Crippen LogP contribution in [0.4, 0.5) is 0 Å². The van der Waals surface area contributed by atoms with Crippen molar-refractivity contribution in [1.82, 2.24) is 0 Å². The molecule has 0 N–H and O–H groups in total. The van der Waals surface area contributed by atoms with Gasteiger partial charge in [0.25, 0.3) is 0 Å². The largest absolute Gasteiger partial charge is 0.427 e. The van der Waals surface area contributed by atoms with Gasteiger partial charge in [0.1, 0.15) is 34.5 Å². The van der Waals surface area contributed by atoms with Crippen molar-refractivity contribution in [2.24, 2.45) is 0 Å². The number of carbonyl (C=O) groups excluding carboxylic acids is 6. The van der Waals surface area contributed by atoms with Crippen LogP contribution in [0.15, 0.2) is 84.9 Å². The molecule has 0 fully saturated rings. The van der Waals surface area contributed by atoms with Gasteiger partial charge in [0.15, 0.2) is 0 Å². The summed E-state index contributed by atoms with van der Waals surface area (Å²) < 4.78 is 33.7. The lowest BCUT2D eigenvalue weighted by atomic mass is 9.87. The quantitative estimate of drug-likeness (QED) is 0.110. The van der Waals surface area contributed by atoms with Crippen LogP contribution in [0.3, 0.4) is 0 Å². The molecule has 0 unspecified atom stereocenters. The van der Waals surface area contributed by atoms with E-state index in [9.17, 15) is 28.8 Å². The van der Waals surface area contributed by atoms with Gasteiger partial charge in [-0.1, -0.05) is 12.1 Å². The van der Waals surface area contributed by atoms with E-state index in [1.165, 1.54) is 41.5 Å². The van der Waals surface area contributed by atoms with Gasteiger partial charge in [-0.05, 0) is 105 Å². The third kappa shape index (κ3) is 7.58. The highest BCUT2D eigenvalue weighted by Crippen LogP contribution is 2.51. The van der Waals surface area contributed by atoms with E-state index < -0.39 is 35.8 Å². The predicted octanol–water partition coefficient (Wildman–Crippen LogP) is 8.03. The summed E-state index contributed by atoms with van der Waals surface area (Å²) in [5.74, 6) is -2.50. The van der Waals surface area contributed by atoms with Crippen molar-refractivity contribution in [3.8, 4) is 56.8 Å². The minimum absolute atomic E-state index is 0.107. The van der Waals surface area contributed by atoms with Crippen LogP contribution in [0.25, 0.3) is 54.6 Å². The first-order valence-corrected chi connectivity index (χ1v) is 16.5. The summed E-state index contributed by atoms with van der Waals surface area (Å²) in [7, 11) is 0. The molecule has 0 heterocycles. The van der Waals surface area contributed by atoms with Gasteiger partial charge in [0.2, 0.25) is 0 Å². The Hall–Kier alpha value is -7.08. The minimum Gasteiger partial charge on any atom is -0.427 e. The molecule has 12 heteroatoms. The SMILES string of the molecule is CC(=O)Oc1ccc2c(-c3c(OC(C)=O)ccc4c(-c5c(OC(C)=O)ccc6cc(OC(C)=O)ccc56)c(OC(C)=O)ccc34)c(OC(C)=O)ccc2c1. The average Bonchev–Trinajstić information content (AvgIpc) is 3.07. The maximum Gasteiger partial charge on any atom is 0.308 e. The normalized spacial score (nSPS) is 10.9. The third-order valence-corrected chi connectivity index (χ3v) is 8.07. The van der Waals surface area contributed by atoms with Crippen molar-refractivity contribution < 1.29 is 57.2 Å². The first kappa shape index (κ1) is 36.7. The van der Waals surface area contributed by atoms with E-state index in [0.29, 0.717) is 54.6 Å². The number of hydrogen-bond acceptors (Lipinski definition) is 12. The standard InChI is InChI=1S/C42H32O12/c1-21(43)49-29-9-11-31-27(19-29)7-15-35(51-23(3)45)39(31)41-33-13-18-38(54-26(6)48)42(34(33)14-17-37(41)53-25(5)47)40-32-12-10-30(50-22(2)44)20-28(32)8-16-36(40)52-24(4)46/h7-20H,1-6H3. The lowest BCUT2D eigenvalue weighted by molar-refractivity contribution is -0.132. The average molecular weight is 729 g/mol. The van der Waals surface area contributed by atoms with Crippen molar-refractivity contribution in [1.29, 1.82) is 0 Å². The first-order chi connectivity index (χ1) is 25.7. The highest BCUT2D eigenvalue weighted by Gasteiger charge is 2.26. The van der Waals surface area contributed by atoms with Crippen molar-refractivity contribution in [2.75, 3.05) is 0 Å². The lowest BCUT2D eigenvalue weighted by Gasteiger charge is -2.22. The maximum atomic E-state index is 12.6. The zero-order valence-corrected chi connectivity index (χ0v) is 30.0. The number of rotatable bonds is 8. The molecule has 6 aromatic rings. The Morgan fingerprint density at radius 2 is 0.574 bits per heavy atom. The fraction of sp³-hybridized carbons (Fsp3) is 0.143. The fourth-order valence-corrected chi connectivity index (χ4v) is 6.39. The third-order valence-electron chi connectivity index (χ3n) is 8.07. The summed E-state index contributed by atoms with van der Waals surface area (Å²) in [5, 5.41) is 3.17. The van der Waals surface area contributed by atoms with Gasteiger partial charge in [-0.3, -0.25) is 28.8 Å². The van der Waals surface area contributed by atoms with E-state index in [-0.39, 0.29) is 34.5 Å². The Kier molecular flexibility index (Phi) is 10.1. The van der Waals surface area contributed by atoms with Gasteiger partial charge >= 0.3 is 35.8 Å². The Bertz CT molecular complexity index is 2410. The van der Waals surface area contributed by atoms with Gasteiger partial charge in [-0.25, -0.2) is 0 Å². The zero-order valence-electron chi connectivity index (χ0n) is 30.0. The summed E-state index contributed by atoms with van der Waals surface area (Å²) >= 11 is 0. The molecular weight excluding hydrogens is 696 g/mol. The number of fused-ring (bicyclic) bond motifs is 3. The molecule has 0 spiro atoms. The molecule has 0 saturated heterocycles. The van der Waals surface area contributed by atoms with Crippen LogP contribution in [0.2, 0.25) is 0 Å². The monoisotopic (exact) mass is 728 g/mol. The Balaban J connectivity index is 1.79. The summed E-state index contributed by atoms with van der Waals surface area (Å²) in [4.78, 5) is 73.6. The second-order valence-corrected chi connectivity index (χ2v) is 12.2. The van der Waals surface area contributed by atoms with Crippen LogP contribution < -0.4 is 28.4 Å². The Labute approximate surface area is 308 Å². The molecular formula is C42H32O12. The van der Waals surface area contributed by atoms with Crippen LogP contribution in [0.1, 0.15) is 41.5 Å². The van der Waals surface area contributed by atoms with Gasteiger partial charge in [-0.2, -0.15) is 0 Å². The molecule has 12 nitrogen and oxygen atoms in total.